The number of carbonyl (C=O) groups is 1. The van der Waals surface area contributed by atoms with Gasteiger partial charge in [0.15, 0.2) is 6.61 Å². The zero-order chi connectivity index (χ0) is 21.5. The summed E-state index contributed by atoms with van der Waals surface area (Å²) in [7, 11) is 0. The number of hydrogen-bond donors (Lipinski definition) is 1. The van der Waals surface area contributed by atoms with Gasteiger partial charge < -0.3 is 14.8 Å². The van der Waals surface area contributed by atoms with E-state index in [0.29, 0.717) is 28.9 Å². The molecule has 3 rings (SSSR count). The van der Waals surface area contributed by atoms with E-state index in [4.69, 9.17) is 21.1 Å². The Morgan fingerprint density at radius 2 is 1.73 bits per heavy atom. The Bertz CT molecular complexity index is 988. The van der Waals surface area contributed by atoms with Crippen LogP contribution < -0.4 is 14.8 Å². The van der Waals surface area contributed by atoms with E-state index in [2.05, 4.69) is 15.5 Å². The highest BCUT2D eigenvalue weighted by atomic mass is 35.5. The van der Waals surface area contributed by atoms with E-state index in [1.54, 1.807) is 36.4 Å². The van der Waals surface area contributed by atoms with Crippen LogP contribution in [0.1, 0.15) is 11.1 Å². The zero-order valence-corrected chi connectivity index (χ0v) is 17.4. The first-order valence-electron chi connectivity index (χ1n) is 9.31. The minimum Gasteiger partial charge on any atom is -0.484 e. The molecule has 1 N–H and O–H groups in total. The second kappa shape index (κ2) is 10.0. The van der Waals surface area contributed by atoms with Crippen LogP contribution in [0.15, 0.2) is 48.5 Å². The maximum atomic E-state index is 13.0. The molecule has 1 amide bonds. The first-order chi connectivity index (χ1) is 14.4. The molecule has 2 aromatic carbocycles. The van der Waals surface area contributed by atoms with Gasteiger partial charge in [0.25, 0.3) is 5.91 Å². The minimum absolute atomic E-state index is 0.104. The van der Waals surface area contributed by atoms with Crippen molar-refractivity contribution >= 4 is 17.5 Å². The predicted octanol–water partition coefficient (Wildman–Crippen LogP) is 4.13. The molecule has 156 valence electrons. The molecule has 0 unspecified atom stereocenters. The monoisotopic (exact) mass is 429 g/mol. The number of halogens is 2. The summed E-state index contributed by atoms with van der Waals surface area (Å²) in [6.07, 6.45) is 0. The highest BCUT2D eigenvalue weighted by Gasteiger charge is 2.07. The molecule has 1 heterocycles. The molecule has 0 aliphatic rings. The maximum absolute atomic E-state index is 13.0. The van der Waals surface area contributed by atoms with Crippen molar-refractivity contribution in [1.29, 1.82) is 0 Å². The van der Waals surface area contributed by atoms with Gasteiger partial charge in [0.05, 0.1) is 12.2 Å². The van der Waals surface area contributed by atoms with Crippen LogP contribution in [0.5, 0.6) is 11.6 Å². The van der Waals surface area contributed by atoms with Crippen molar-refractivity contribution in [2.24, 2.45) is 0 Å². The molecular weight excluding hydrogens is 409 g/mol. The Kier molecular flexibility index (Phi) is 7.19. The van der Waals surface area contributed by atoms with Gasteiger partial charge in [-0.15, -0.1) is 10.2 Å². The molecule has 6 nitrogen and oxygen atoms in total. The Morgan fingerprint density at radius 1 is 1.03 bits per heavy atom. The molecule has 0 saturated heterocycles. The molecule has 0 aliphatic carbocycles. The average Bonchev–Trinajstić information content (AvgIpc) is 2.74. The Morgan fingerprint density at radius 3 is 2.37 bits per heavy atom. The smallest absolute Gasteiger partial charge is 0.258 e. The molecule has 0 radical (unpaired) electrons. The molecular formula is C22H21ClFN3O3. The summed E-state index contributed by atoms with van der Waals surface area (Å²) in [5.41, 5.74) is 3.16. The van der Waals surface area contributed by atoms with Crippen LogP contribution in [0.4, 0.5) is 4.39 Å². The van der Waals surface area contributed by atoms with E-state index in [1.807, 2.05) is 13.8 Å². The number of rotatable bonds is 8. The number of ether oxygens (including phenoxy) is 2. The number of aromatic nitrogens is 2. The Hall–Kier alpha value is -3.19. The molecule has 0 fully saturated rings. The first-order valence-corrected chi connectivity index (χ1v) is 9.69. The summed E-state index contributed by atoms with van der Waals surface area (Å²) in [6, 6.07) is 13.0. The highest BCUT2D eigenvalue weighted by molar-refractivity contribution is 6.32. The molecule has 0 bridgehead atoms. The van der Waals surface area contributed by atoms with E-state index >= 15 is 0 Å². The van der Waals surface area contributed by atoms with Crippen molar-refractivity contribution in [3.63, 3.8) is 0 Å². The zero-order valence-electron chi connectivity index (χ0n) is 16.6. The van der Waals surface area contributed by atoms with Crippen molar-refractivity contribution in [3.05, 3.63) is 70.5 Å². The summed E-state index contributed by atoms with van der Waals surface area (Å²) in [6.45, 7) is 4.19. The fourth-order valence-electron chi connectivity index (χ4n) is 2.71. The van der Waals surface area contributed by atoms with E-state index in [-0.39, 0.29) is 24.9 Å². The lowest BCUT2D eigenvalue weighted by Crippen LogP contribution is -2.32. The van der Waals surface area contributed by atoms with Crippen molar-refractivity contribution in [3.8, 4) is 22.9 Å². The molecule has 1 aromatic heterocycles. The van der Waals surface area contributed by atoms with Gasteiger partial charge in [0.2, 0.25) is 5.88 Å². The van der Waals surface area contributed by atoms with Gasteiger partial charge in [0.1, 0.15) is 18.2 Å². The molecule has 3 aromatic rings. The average molecular weight is 430 g/mol. The fraction of sp³-hybridized carbons (Fsp3) is 0.227. The molecule has 30 heavy (non-hydrogen) atoms. The summed E-state index contributed by atoms with van der Waals surface area (Å²) < 4.78 is 24.0. The van der Waals surface area contributed by atoms with Gasteiger partial charge in [-0.25, -0.2) is 4.39 Å². The molecule has 0 saturated carbocycles. The summed E-state index contributed by atoms with van der Waals surface area (Å²) in [5, 5.41) is 11.4. The number of aryl methyl sites for hydroxylation is 2. The van der Waals surface area contributed by atoms with Crippen LogP contribution in [0.2, 0.25) is 5.02 Å². The largest absolute Gasteiger partial charge is 0.484 e. The molecule has 8 heteroatoms. The molecule has 0 spiro atoms. The van der Waals surface area contributed by atoms with Gasteiger partial charge in [0, 0.05) is 16.7 Å². The third kappa shape index (κ3) is 5.90. The Labute approximate surface area is 179 Å². The van der Waals surface area contributed by atoms with Crippen LogP contribution in [-0.2, 0) is 4.79 Å². The number of amides is 1. The first kappa shape index (κ1) is 21.5. The topological polar surface area (TPSA) is 73.3 Å². The Balaban J connectivity index is 1.39. The molecule has 0 aliphatic heterocycles. The van der Waals surface area contributed by atoms with Gasteiger partial charge >= 0.3 is 0 Å². The van der Waals surface area contributed by atoms with E-state index in [9.17, 15) is 9.18 Å². The molecule has 0 atom stereocenters. The van der Waals surface area contributed by atoms with Crippen LogP contribution in [0.3, 0.4) is 0 Å². The van der Waals surface area contributed by atoms with Gasteiger partial charge in [-0.05, 0) is 67.4 Å². The number of nitrogens with zero attached hydrogens (tertiary/aromatic N) is 2. The lowest BCUT2D eigenvalue weighted by molar-refractivity contribution is -0.123. The van der Waals surface area contributed by atoms with E-state index in [1.165, 1.54) is 12.1 Å². The van der Waals surface area contributed by atoms with Crippen molar-refractivity contribution in [1.82, 2.24) is 15.5 Å². The number of nitrogens with one attached hydrogen (secondary N) is 1. The third-order valence-corrected chi connectivity index (χ3v) is 4.83. The lowest BCUT2D eigenvalue weighted by atomic mass is 10.1. The summed E-state index contributed by atoms with van der Waals surface area (Å²) in [4.78, 5) is 11.9. The third-order valence-electron chi connectivity index (χ3n) is 4.23. The van der Waals surface area contributed by atoms with E-state index < -0.39 is 0 Å². The van der Waals surface area contributed by atoms with Crippen LogP contribution in [0, 0.1) is 19.7 Å². The second-order valence-corrected chi connectivity index (χ2v) is 7.00. The quantitative estimate of drug-likeness (QED) is 0.545. The van der Waals surface area contributed by atoms with Gasteiger partial charge in [-0.1, -0.05) is 11.6 Å². The second-order valence-electron chi connectivity index (χ2n) is 6.62. The van der Waals surface area contributed by atoms with Gasteiger partial charge in [-0.2, -0.15) is 0 Å². The minimum atomic E-state index is -0.308. The summed E-state index contributed by atoms with van der Waals surface area (Å²) in [5.74, 6) is 0.356. The highest BCUT2D eigenvalue weighted by Crippen LogP contribution is 2.25. The fourth-order valence-corrected chi connectivity index (χ4v) is 2.82. The standard InChI is InChI=1S/C22H21ClFN3O3/c1-14-11-18(12-15(2)22(14)23)30-13-20(28)25-9-10-29-21-8-7-19(26-27-21)16-3-5-17(24)6-4-16/h3-8,11-12H,9-10,13H2,1-2H3,(H,25,28). The van der Waals surface area contributed by atoms with Crippen LogP contribution in [-0.4, -0.2) is 35.9 Å². The lowest BCUT2D eigenvalue weighted by Gasteiger charge is -2.10. The van der Waals surface area contributed by atoms with Crippen molar-refractivity contribution < 1.29 is 18.7 Å². The maximum Gasteiger partial charge on any atom is 0.258 e. The van der Waals surface area contributed by atoms with Crippen LogP contribution in [0.25, 0.3) is 11.3 Å². The SMILES string of the molecule is Cc1cc(OCC(=O)NCCOc2ccc(-c3ccc(F)cc3)nn2)cc(C)c1Cl. The van der Waals surface area contributed by atoms with Crippen LogP contribution >= 0.6 is 11.6 Å². The predicted molar refractivity (Wildman–Crippen MR) is 112 cm³/mol. The van der Waals surface area contributed by atoms with E-state index in [0.717, 1.165) is 16.7 Å². The summed E-state index contributed by atoms with van der Waals surface area (Å²) >= 11 is 6.12. The number of hydrogen-bond acceptors (Lipinski definition) is 5. The normalized spacial score (nSPS) is 10.5. The number of carbonyl (C=O) groups excluding carboxylic acids is 1. The van der Waals surface area contributed by atoms with Crippen molar-refractivity contribution in [2.75, 3.05) is 19.8 Å². The van der Waals surface area contributed by atoms with Crippen molar-refractivity contribution in [2.45, 2.75) is 13.8 Å². The van der Waals surface area contributed by atoms with Gasteiger partial charge in [-0.3, -0.25) is 4.79 Å². The number of benzene rings is 2.